The molecular formula is C9H11N3O. The van der Waals surface area contributed by atoms with Gasteiger partial charge in [0.05, 0.1) is 5.69 Å². The fourth-order valence-electron chi connectivity index (χ4n) is 0.797. The molecule has 13 heavy (non-hydrogen) atoms. The Morgan fingerprint density at radius 2 is 2.54 bits per heavy atom. The van der Waals surface area contributed by atoms with E-state index in [1.807, 2.05) is 13.0 Å². The van der Waals surface area contributed by atoms with E-state index < -0.39 is 0 Å². The second kappa shape index (κ2) is 4.33. The van der Waals surface area contributed by atoms with Crippen LogP contribution < -0.4 is 11.2 Å². The molecule has 1 aromatic rings. The van der Waals surface area contributed by atoms with E-state index in [1.54, 1.807) is 6.20 Å². The number of nitrogens with zero attached hydrogens (tertiary/aromatic N) is 1. The molecule has 0 spiro atoms. The number of nitrogens with one attached hydrogen (secondary N) is 1. The molecule has 1 aromatic heterocycles. The largest absolute Gasteiger partial charge is 0.395 e. The Bertz CT molecular complexity index is 330. The van der Waals surface area contributed by atoms with Crippen molar-refractivity contribution in [3.05, 3.63) is 17.8 Å². The lowest BCUT2D eigenvalue weighted by atomic mass is 10.2. The van der Waals surface area contributed by atoms with Crippen LogP contribution in [-0.2, 0) is 4.84 Å². The molecule has 3 N–H and O–H groups in total. The monoisotopic (exact) mass is 177 g/mol. The fourth-order valence-corrected chi connectivity index (χ4v) is 0.797. The van der Waals surface area contributed by atoms with Gasteiger partial charge in [-0.2, -0.15) is 0 Å². The Kier molecular flexibility index (Phi) is 3.12. The van der Waals surface area contributed by atoms with Crippen molar-refractivity contribution in [2.75, 3.05) is 17.8 Å². The molecule has 4 heteroatoms. The zero-order valence-corrected chi connectivity index (χ0v) is 7.37. The summed E-state index contributed by atoms with van der Waals surface area (Å²) in [6.07, 6.45) is 6.64. The van der Waals surface area contributed by atoms with Crippen LogP contribution in [0.5, 0.6) is 0 Å². The topological polar surface area (TPSA) is 60.2 Å². The zero-order chi connectivity index (χ0) is 9.68. The molecule has 0 aliphatic carbocycles. The Morgan fingerprint density at radius 3 is 3.23 bits per heavy atom. The van der Waals surface area contributed by atoms with Crippen molar-refractivity contribution in [1.82, 2.24) is 4.98 Å². The molecule has 0 fully saturated rings. The first kappa shape index (κ1) is 9.36. The molecule has 0 saturated heterocycles. The number of rotatable bonds is 3. The van der Waals surface area contributed by atoms with Gasteiger partial charge in [-0.1, -0.05) is 5.92 Å². The Labute approximate surface area is 77.1 Å². The summed E-state index contributed by atoms with van der Waals surface area (Å²) in [4.78, 5) is 8.86. The molecule has 68 valence electrons. The third kappa shape index (κ3) is 2.36. The molecule has 0 atom stereocenters. The summed E-state index contributed by atoms with van der Waals surface area (Å²) in [6, 6.07) is 1.82. The highest BCUT2D eigenvalue weighted by atomic mass is 16.6. The normalized spacial score (nSPS) is 9.23. The van der Waals surface area contributed by atoms with E-state index in [9.17, 15) is 0 Å². The molecular weight excluding hydrogens is 166 g/mol. The van der Waals surface area contributed by atoms with Crippen molar-refractivity contribution in [3.8, 4) is 12.3 Å². The molecule has 0 unspecified atom stereocenters. The minimum Gasteiger partial charge on any atom is -0.395 e. The summed E-state index contributed by atoms with van der Waals surface area (Å²) in [5.41, 5.74) is 9.80. The minimum absolute atomic E-state index is 0.176. The number of aromatic nitrogens is 1. The van der Waals surface area contributed by atoms with E-state index >= 15 is 0 Å². The van der Waals surface area contributed by atoms with Gasteiger partial charge in [0.25, 0.3) is 0 Å². The van der Waals surface area contributed by atoms with Crippen LogP contribution in [0, 0.1) is 19.3 Å². The van der Waals surface area contributed by atoms with Crippen LogP contribution in [0.3, 0.4) is 0 Å². The van der Waals surface area contributed by atoms with Crippen LogP contribution in [0.15, 0.2) is 12.3 Å². The number of anilines is 2. The third-order valence-corrected chi connectivity index (χ3v) is 1.53. The lowest BCUT2D eigenvalue weighted by molar-refractivity contribution is 0.232. The molecule has 0 aliphatic heterocycles. The first-order chi connectivity index (χ1) is 6.25. The van der Waals surface area contributed by atoms with Crippen LogP contribution in [0.2, 0.25) is 0 Å². The maximum atomic E-state index is 5.71. The number of nitrogen functional groups attached to an aromatic ring is 1. The summed E-state index contributed by atoms with van der Waals surface area (Å²) >= 11 is 0. The van der Waals surface area contributed by atoms with Crippen LogP contribution in [0.25, 0.3) is 0 Å². The van der Waals surface area contributed by atoms with E-state index in [4.69, 9.17) is 17.0 Å². The first-order valence-electron chi connectivity index (χ1n) is 3.78. The molecule has 0 saturated carbocycles. The zero-order valence-electron chi connectivity index (χ0n) is 7.37. The number of nitrogens with two attached hydrogens (primary N) is 1. The van der Waals surface area contributed by atoms with Gasteiger partial charge in [0.15, 0.2) is 5.82 Å². The van der Waals surface area contributed by atoms with Gasteiger partial charge < -0.3 is 5.73 Å². The SMILES string of the molecule is C#CCONc1nccc(C)c1N. The Hall–Kier alpha value is -1.73. The predicted octanol–water partition coefficient (Wildman–Crippen LogP) is 0.949. The molecule has 0 radical (unpaired) electrons. The summed E-state index contributed by atoms with van der Waals surface area (Å²) in [7, 11) is 0. The van der Waals surface area contributed by atoms with Crippen molar-refractivity contribution >= 4 is 11.5 Å². The van der Waals surface area contributed by atoms with Crippen molar-refractivity contribution in [2.45, 2.75) is 6.92 Å². The van der Waals surface area contributed by atoms with Gasteiger partial charge >= 0.3 is 0 Å². The second-order valence-corrected chi connectivity index (χ2v) is 2.48. The average molecular weight is 177 g/mol. The number of terminal acetylenes is 1. The molecule has 1 rings (SSSR count). The standard InChI is InChI=1S/C9H11N3O/c1-3-6-13-12-9-8(10)7(2)4-5-11-9/h1,4-5H,6,10H2,2H3,(H,11,12). The maximum absolute atomic E-state index is 5.71. The molecule has 4 nitrogen and oxygen atoms in total. The number of hydrogen-bond donors (Lipinski definition) is 2. The lowest BCUT2D eigenvalue weighted by Crippen LogP contribution is -2.06. The van der Waals surface area contributed by atoms with Crippen LogP contribution >= 0.6 is 0 Å². The maximum Gasteiger partial charge on any atom is 0.173 e. The second-order valence-electron chi connectivity index (χ2n) is 2.48. The summed E-state index contributed by atoms with van der Waals surface area (Å²) < 4.78 is 0. The van der Waals surface area contributed by atoms with E-state index in [0.717, 1.165) is 5.56 Å². The fraction of sp³-hybridized carbons (Fsp3) is 0.222. The van der Waals surface area contributed by atoms with Gasteiger partial charge in [0.1, 0.15) is 6.61 Å². The predicted molar refractivity (Wildman–Crippen MR) is 51.8 cm³/mol. The third-order valence-electron chi connectivity index (χ3n) is 1.53. The quantitative estimate of drug-likeness (QED) is 0.410. The van der Waals surface area contributed by atoms with Crippen LogP contribution in [0.4, 0.5) is 11.5 Å². The lowest BCUT2D eigenvalue weighted by Gasteiger charge is -2.07. The van der Waals surface area contributed by atoms with E-state index in [0.29, 0.717) is 11.5 Å². The molecule has 1 heterocycles. The van der Waals surface area contributed by atoms with Crippen molar-refractivity contribution < 1.29 is 4.84 Å². The first-order valence-corrected chi connectivity index (χ1v) is 3.78. The van der Waals surface area contributed by atoms with Gasteiger partial charge in [0.2, 0.25) is 0 Å². The van der Waals surface area contributed by atoms with E-state index in [2.05, 4.69) is 16.4 Å². The van der Waals surface area contributed by atoms with Gasteiger partial charge in [0, 0.05) is 6.20 Å². The molecule has 0 amide bonds. The average Bonchev–Trinajstić information content (AvgIpc) is 2.13. The molecule has 0 bridgehead atoms. The minimum atomic E-state index is 0.176. The van der Waals surface area contributed by atoms with E-state index in [1.165, 1.54) is 0 Å². The number of pyridine rings is 1. The Balaban J connectivity index is 2.67. The van der Waals surface area contributed by atoms with Crippen LogP contribution in [0.1, 0.15) is 5.56 Å². The number of hydrogen-bond acceptors (Lipinski definition) is 4. The highest BCUT2D eigenvalue weighted by molar-refractivity contribution is 5.63. The van der Waals surface area contributed by atoms with E-state index in [-0.39, 0.29) is 6.61 Å². The van der Waals surface area contributed by atoms with Crippen molar-refractivity contribution in [1.29, 1.82) is 0 Å². The van der Waals surface area contributed by atoms with Crippen molar-refractivity contribution in [3.63, 3.8) is 0 Å². The molecule has 0 aromatic carbocycles. The smallest absolute Gasteiger partial charge is 0.173 e. The van der Waals surface area contributed by atoms with Gasteiger partial charge in [-0.25, -0.2) is 10.5 Å². The number of aryl methyl sites for hydroxylation is 1. The summed E-state index contributed by atoms with van der Waals surface area (Å²) in [5, 5.41) is 0. The van der Waals surface area contributed by atoms with Gasteiger partial charge in [-0.15, -0.1) is 6.42 Å². The highest BCUT2D eigenvalue weighted by Crippen LogP contribution is 2.18. The van der Waals surface area contributed by atoms with Gasteiger partial charge in [-0.3, -0.25) is 4.84 Å². The summed E-state index contributed by atoms with van der Waals surface area (Å²) in [6.45, 7) is 2.07. The highest BCUT2D eigenvalue weighted by Gasteiger charge is 2.01. The Morgan fingerprint density at radius 1 is 1.77 bits per heavy atom. The molecule has 0 aliphatic rings. The summed E-state index contributed by atoms with van der Waals surface area (Å²) in [5.74, 6) is 2.81. The van der Waals surface area contributed by atoms with Crippen molar-refractivity contribution in [2.24, 2.45) is 0 Å². The van der Waals surface area contributed by atoms with Gasteiger partial charge in [-0.05, 0) is 18.6 Å². The van der Waals surface area contributed by atoms with Crippen LogP contribution in [-0.4, -0.2) is 11.6 Å².